The lowest BCUT2D eigenvalue weighted by molar-refractivity contribution is 0.183. The summed E-state index contributed by atoms with van der Waals surface area (Å²) in [5, 5.41) is 4.37. The minimum Gasteiger partial charge on any atom is -0.381 e. The van der Waals surface area contributed by atoms with Gasteiger partial charge in [0.05, 0.1) is 6.20 Å². The molecule has 0 saturated carbocycles. The zero-order valence-electron chi connectivity index (χ0n) is 9.65. The summed E-state index contributed by atoms with van der Waals surface area (Å²) < 4.78 is 7.42. The smallest absolute Gasteiger partial charge is 0.0524 e. The third kappa shape index (κ3) is 2.81. The van der Waals surface area contributed by atoms with Gasteiger partial charge in [0.2, 0.25) is 0 Å². The molecule has 2 rings (SSSR count). The summed E-state index contributed by atoms with van der Waals surface area (Å²) in [6.07, 6.45) is 6.56. The van der Waals surface area contributed by atoms with Gasteiger partial charge in [0.1, 0.15) is 0 Å². The molecule has 2 heterocycles. The average molecular weight is 208 g/mol. The molecule has 0 N–H and O–H groups in total. The van der Waals surface area contributed by atoms with E-state index in [0.29, 0.717) is 5.92 Å². The first kappa shape index (κ1) is 10.7. The maximum absolute atomic E-state index is 5.36. The lowest BCUT2D eigenvalue weighted by atomic mass is 10.1. The number of hydrogen-bond donors (Lipinski definition) is 0. The van der Waals surface area contributed by atoms with Crippen molar-refractivity contribution >= 4 is 0 Å². The molecule has 1 fully saturated rings. The first-order valence-electron chi connectivity index (χ1n) is 5.86. The zero-order chi connectivity index (χ0) is 10.7. The van der Waals surface area contributed by atoms with Crippen LogP contribution in [0.15, 0.2) is 12.4 Å². The van der Waals surface area contributed by atoms with Crippen LogP contribution in [0.1, 0.15) is 38.2 Å². The Hall–Kier alpha value is -0.830. The Morgan fingerprint density at radius 2 is 2.47 bits per heavy atom. The van der Waals surface area contributed by atoms with Gasteiger partial charge in [0.25, 0.3) is 0 Å². The monoisotopic (exact) mass is 208 g/mol. The van der Waals surface area contributed by atoms with Crippen molar-refractivity contribution in [2.24, 2.45) is 5.92 Å². The van der Waals surface area contributed by atoms with Crippen LogP contribution >= 0.6 is 0 Å². The average Bonchev–Trinajstić information content (AvgIpc) is 2.86. The molecule has 0 aromatic carbocycles. The molecule has 1 unspecified atom stereocenters. The molecular formula is C12H20N2O. The van der Waals surface area contributed by atoms with E-state index in [0.717, 1.165) is 25.7 Å². The van der Waals surface area contributed by atoms with Gasteiger partial charge >= 0.3 is 0 Å². The molecule has 1 aliphatic rings. The van der Waals surface area contributed by atoms with Crippen LogP contribution in [0.3, 0.4) is 0 Å². The second kappa shape index (κ2) is 4.79. The SMILES string of the molecule is CC(C)c1cnn(CCC2CCOC2)c1. The van der Waals surface area contributed by atoms with Crippen LogP contribution in [0, 0.1) is 5.92 Å². The van der Waals surface area contributed by atoms with E-state index in [-0.39, 0.29) is 0 Å². The summed E-state index contributed by atoms with van der Waals surface area (Å²) in [5.74, 6) is 1.32. The largest absolute Gasteiger partial charge is 0.381 e. The summed E-state index contributed by atoms with van der Waals surface area (Å²) in [5.41, 5.74) is 1.33. The number of ether oxygens (including phenoxy) is 1. The maximum atomic E-state index is 5.36. The molecule has 0 bridgehead atoms. The van der Waals surface area contributed by atoms with E-state index >= 15 is 0 Å². The Morgan fingerprint density at radius 3 is 3.07 bits per heavy atom. The highest BCUT2D eigenvalue weighted by molar-refractivity contribution is 5.08. The molecule has 0 radical (unpaired) electrons. The van der Waals surface area contributed by atoms with Gasteiger partial charge in [-0.25, -0.2) is 0 Å². The Bertz CT molecular complexity index is 300. The van der Waals surface area contributed by atoms with E-state index < -0.39 is 0 Å². The first-order chi connectivity index (χ1) is 7.25. The van der Waals surface area contributed by atoms with Gasteiger partial charge < -0.3 is 4.74 Å². The predicted octanol–water partition coefficient (Wildman–Crippen LogP) is 2.43. The van der Waals surface area contributed by atoms with E-state index in [9.17, 15) is 0 Å². The van der Waals surface area contributed by atoms with Gasteiger partial charge in [-0.2, -0.15) is 5.10 Å². The van der Waals surface area contributed by atoms with Crippen LogP contribution in [0.2, 0.25) is 0 Å². The van der Waals surface area contributed by atoms with Gasteiger partial charge in [-0.05, 0) is 30.2 Å². The Morgan fingerprint density at radius 1 is 1.60 bits per heavy atom. The second-order valence-corrected chi connectivity index (χ2v) is 4.71. The molecule has 3 heteroatoms. The van der Waals surface area contributed by atoms with Gasteiger partial charge in [0, 0.05) is 26.0 Å². The van der Waals surface area contributed by atoms with Crippen LogP contribution in [-0.4, -0.2) is 23.0 Å². The van der Waals surface area contributed by atoms with E-state index in [1.807, 2.05) is 6.20 Å². The van der Waals surface area contributed by atoms with Crippen LogP contribution in [0.25, 0.3) is 0 Å². The van der Waals surface area contributed by atoms with Gasteiger partial charge in [-0.1, -0.05) is 13.8 Å². The lowest BCUT2D eigenvalue weighted by Gasteiger charge is -2.06. The summed E-state index contributed by atoms with van der Waals surface area (Å²) in [6, 6.07) is 0. The summed E-state index contributed by atoms with van der Waals surface area (Å²) >= 11 is 0. The molecule has 1 aromatic heterocycles. The van der Waals surface area contributed by atoms with Crippen LogP contribution in [0.5, 0.6) is 0 Å². The topological polar surface area (TPSA) is 27.1 Å². The molecule has 3 nitrogen and oxygen atoms in total. The molecule has 0 spiro atoms. The number of nitrogens with zero attached hydrogens (tertiary/aromatic N) is 2. The molecule has 84 valence electrons. The highest BCUT2D eigenvalue weighted by Gasteiger charge is 2.15. The van der Waals surface area contributed by atoms with E-state index in [1.165, 1.54) is 18.4 Å². The normalized spacial score (nSPS) is 21.4. The Labute approximate surface area is 91.4 Å². The van der Waals surface area contributed by atoms with Crippen LogP contribution < -0.4 is 0 Å². The van der Waals surface area contributed by atoms with Crippen molar-refractivity contribution < 1.29 is 4.74 Å². The van der Waals surface area contributed by atoms with Crippen molar-refractivity contribution in [2.45, 2.75) is 39.2 Å². The zero-order valence-corrected chi connectivity index (χ0v) is 9.65. The standard InChI is InChI=1S/C12H20N2O/c1-10(2)12-7-13-14(8-12)5-3-11-4-6-15-9-11/h7-8,10-11H,3-6,9H2,1-2H3. The summed E-state index contributed by atoms with van der Waals surface area (Å²) in [7, 11) is 0. The van der Waals surface area contributed by atoms with Crippen molar-refractivity contribution in [1.29, 1.82) is 0 Å². The number of rotatable bonds is 4. The number of aromatic nitrogens is 2. The molecule has 1 aromatic rings. The fraction of sp³-hybridized carbons (Fsp3) is 0.750. The lowest BCUT2D eigenvalue weighted by Crippen LogP contribution is -2.06. The van der Waals surface area contributed by atoms with Crippen molar-refractivity contribution in [3.8, 4) is 0 Å². The van der Waals surface area contributed by atoms with Crippen LogP contribution in [0.4, 0.5) is 0 Å². The van der Waals surface area contributed by atoms with Crippen molar-refractivity contribution in [3.05, 3.63) is 18.0 Å². The first-order valence-corrected chi connectivity index (χ1v) is 5.86. The van der Waals surface area contributed by atoms with Crippen molar-refractivity contribution in [1.82, 2.24) is 9.78 Å². The number of aryl methyl sites for hydroxylation is 1. The number of hydrogen-bond acceptors (Lipinski definition) is 2. The van der Waals surface area contributed by atoms with Crippen LogP contribution in [-0.2, 0) is 11.3 Å². The highest BCUT2D eigenvalue weighted by atomic mass is 16.5. The second-order valence-electron chi connectivity index (χ2n) is 4.71. The Balaban J connectivity index is 1.82. The van der Waals surface area contributed by atoms with E-state index in [1.54, 1.807) is 0 Å². The van der Waals surface area contributed by atoms with Crippen molar-refractivity contribution in [3.63, 3.8) is 0 Å². The van der Waals surface area contributed by atoms with Gasteiger partial charge in [0.15, 0.2) is 0 Å². The third-order valence-corrected chi connectivity index (χ3v) is 3.11. The minimum atomic E-state index is 0.577. The third-order valence-electron chi connectivity index (χ3n) is 3.11. The minimum absolute atomic E-state index is 0.577. The molecule has 1 atom stereocenters. The fourth-order valence-corrected chi connectivity index (χ4v) is 1.93. The maximum Gasteiger partial charge on any atom is 0.0524 e. The fourth-order valence-electron chi connectivity index (χ4n) is 1.93. The molecular weight excluding hydrogens is 188 g/mol. The van der Waals surface area contributed by atoms with Gasteiger partial charge in [-0.3, -0.25) is 4.68 Å². The summed E-state index contributed by atoms with van der Waals surface area (Å²) in [6.45, 7) is 7.32. The molecule has 0 amide bonds. The molecule has 1 saturated heterocycles. The Kier molecular flexibility index (Phi) is 3.41. The van der Waals surface area contributed by atoms with Gasteiger partial charge in [-0.15, -0.1) is 0 Å². The summed E-state index contributed by atoms with van der Waals surface area (Å²) in [4.78, 5) is 0. The molecule has 0 aliphatic carbocycles. The molecule has 15 heavy (non-hydrogen) atoms. The van der Waals surface area contributed by atoms with E-state index in [4.69, 9.17) is 4.74 Å². The van der Waals surface area contributed by atoms with E-state index in [2.05, 4.69) is 29.8 Å². The van der Waals surface area contributed by atoms with Crippen molar-refractivity contribution in [2.75, 3.05) is 13.2 Å². The highest BCUT2D eigenvalue weighted by Crippen LogP contribution is 2.18. The molecule has 1 aliphatic heterocycles. The quantitative estimate of drug-likeness (QED) is 0.760. The predicted molar refractivity (Wildman–Crippen MR) is 59.9 cm³/mol.